The Labute approximate surface area is 170 Å². The molecule has 2 aromatic rings. The number of carbonyl (C=O) groups is 2. The molecule has 7 heteroatoms. The summed E-state index contributed by atoms with van der Waals surface area (Å²) in [5.41, 5.74) is 1.40. The van der Waals surface area contributed by atoms with Crippen LogP contribution in [-0.4, -0.2) is 45.2 Å². The molecule has 6 nitrogen and oxygen atoms in total. The van der Waals surface area contributed by atoms with E-state index in [-0.39, 0.29) is 22.7 Å². The first kappa shape index (κ1) is 20.4. The number of para-hydroxylation sites is 1. The Hall–Kier alpha value is -2.34. The topological polar surface area (TPSA) is 64.4 Å². The summed E-state index contributed by atoms with van der Waals surface area (Å²) in [6, 6.07) is 9.53. The number of aromatic nitrogens is 2. The first-order valence-corrected chi connectivity index (χ1v) is 10.1. The molecule has 1 fully saturated rings. The molecule has 0 radical (unpaired) electrons. The Kier molecular flexibility index (Phi) is 6.39. The number of halogens is 1. The van der Waals surface area contributed by atoms with Gasteiger partial charge in [-0.25, -0.2) is 9.48 Å². The molecule has 0 saturated carbocycles. The average Bonchev–Trinajstić information content (AvgIpc) is 3.02. The molecule has 0 bridgehead atoms. The smallest absolute Gasteiger partial charge is 0.344 e. The zero-order valence-electron chi connectivity index (χ0n) is 16.5. The molecule has 3 rings (SSSR count). The third kappa shape index (κ3) is 4.07. The number of aryl methyl sites for hydroxylation is 1. The third-order valence-corrected chi connectivity index (χ3v) is 5.57. The molecular weight excluding hydrogens is 378 g/mol. The first-order valence-electron chi connectivity index (χ1n) is 9.76. The highest BCUT2D eigenvalue weighted by molar-refractivity contribution is 6.33. The zero-order chi connectivity index (χ0) is 20.3. The van der Waals surface area contributed by atoms with Crippen molar-refractivity contribution in [3.05, 3.63) is 46.7 Å². The van der Waals surface area contributed by atoms with E-state index in [0.717, 1.165) is 31.4 Å². The van der Waals surface area contributed by atoms with E-state index < -0.39 is 12.1 Å². The first-order chi connectivity index (χ1) is 13.4. The summed E-state index contributed by atoms with van der Waals surface area (Å²) in [6.45, 7) is 6.11. The quantitative estimate of drug-likeness (QED) is 0.703. The van der Waals surface area contributed by atoms with E-state index in [9.17, 15) is 9.59 Å². The van der Waals surface area contributed by atoms with Crippen LogP contribution in [0, 0.1) is 6.92 Å². The van der Waals surface area contributed by atoms with Crippen LogP contribution >= 0.6 is 11.6 Å². The van der Waals surface area contributed by atoms with Crippen LogP contribution in [0.1, 0.15) is 55.6 Å². The number of benzene rings is 1. The van der Waals surface area contributed by atoms with Gasteiger partial charge in [-0.15, -0.1) is 0 Å². The van der Waals surface area contributed by atoms with E-state index in [1.54, 1.807) is 13.8 Å². The van der Waals surface area contributed by atoms with E-state index in [1.807, 2.05) is 35.2 Å². The van der Waals surface area contributed by atoms with Crippen LogP contribution in [0.5, 0.6) is 0 Å². The molecule has 1 saturated heterocycles. The van der Waals surface area contributed by atoms with Gasteiger partial charge in [0.2, 0.25) is 0 Å². The van der Waals surface area contributed by atoms with Crippen molar-refractivity contribution in [2.75, 3.05) is 6.54 Å². The van der Waals surface area contributed by atoms with Crippen LogP contribution < -0.4 is 0 Å². The Balaban J connectivity index is 1.76. The summed E-state index contributed by atoms with van der Waals surface area (Å²) in [4.78, 5) is 27.4. The van der Waals surface area contributed by atoms with Gasteiger partial charge in [0.25, 0.3) is 5.91 Å². The molecule has 150 valence electrons. The van der Waals surface area contributed by atoms with Crippen molar-refractivity contribution in [3.8, 4) is 5.69 Å². The van der Waals surface area contributed by atoms with Crippen molar-refractivity contribution in [2.45, 2.75) is 58.6 Å². The lowest BCUT2D eigenvalue weighted by Crippen LogP contribution is -2.48. The minimum absolute atomic E-state index is 0.149. The van der Waals surface area contributed by atoms with Gasteiger partial charge in [0.1, 0.15) is 10.7 Å². The predicted molar refractivity (Wildman–Crippen MR) is 108 cm³/mol. The molecule has 1 aromatic carbocycles. The second-order valence-corrected chi connectivity index (χ2v) is 7.49. The second kappa shape index (κ2) is 8.78. The third-order valence-electron chi connectivity index (χ3n) is 5.22. The molecular formula is C21H26ClN3O3. The number of amides is 1. The molecule has 1 aliphatic rings. The SMILES string of the molecule is CCC1CCCCN1C(=O)C(C)OC(=O)c1c(C)nn(-c2ccccc2)c1Cl. The Morgan fingerprint density at radius 3 is 2.68 bits per heavy atom. The van der Waals surface area contributed by atoms with Crippen LogP contribution in [0.4, 0.5) is 0 Å². The van der Waals surface area contributed by atoms with Gasteiger partial charge in [0.05, 0.1) is 11.4 Å². The van der Waals surface area contributed by atoms with Crippen molar-refractivity contribution < 1.29 is 14.3 Å². The maximum atomic E-state index is 12.8. The van der Waals surface area contributed by atoms with Crippen LogP contribution in [0.25, 0.3) is 5.69 Å². The molecule has 1 aromatic heterocycles. The lowest BCUT2D eigenvalue weighted by Gasteiger charge is -2.36. The number of piperidine rings is 1. The normalized spacial score (nSPS) is 18.0. The van der Waals surface area contributed by atoms with E-state index in [0.29, 0.717) is 12.2 Å². The van der Waals surface area contributed by atoms with E-state index in [1.165, 1.54) is 4.68 Å². The Bertz CT molecular complexity index is 850. The largest absolute Gasteiger partial charge is 0.449 e. The molecule has 28 heavy (non-hydrogen) atoms. The fourth-order valence-corrected chi connectivity index (χ4v) is 4.04. The number of hydrogen-bond donors (Lipinski definition) is 0. The molecule has 0 aliphatic carbocycles. The van der Waals surface area contributed by atoms with Crippen molar-refractivity contribution in [1.29, 1.82) is 0 Å². The highest BCUT2D eigenvalue weighted by Crippen LogP contribution is 2.25. The maximum Gasteiger partial charge on any atom is 0.344 e. The van der Waals surface area contributed by atoms with Gasteiger partial charge in [-0.05, 0) is 51.7 Å². The van der Waals surface area contributed by atoms with E-state index in [4.69, 9.17) is 16.3 Å². The average molecular weight is 404 g/mol. The minimum atomic E-state index is -0.866. The highest BCUT2D eigenvalue weighted by Gasteiger charge is 2.32. The number of carbonyl (C=O) groups excluding carboxylic acids is 2. The standard InChI is InChI=1S/C21H26ClN3O3/c1-4-16-10-8-9-13-24(16)20(26)15(3)28-21(27)18-14(2)23-25(19(18)22)17-11-6-5-7-12-17/h5-7,11-12,15-16H,4,8-10,13H2,1-3H3. The van der Waals surface area contributed by atoms with Crippen molar-refractivity contribution in [2.24, 2.45) is 0 Å². The second-order valence-electron chi connectivity index (χ2n) is 7.14. The lowest BCUT2D eigenvalue weighted by molar-refractivity contribution is -0.143. The zero-order valence-corrected chi connectivity index (χ0v) is 17.3. The number of esters is 1. The van der Waals surface area contributed by atoms with Crippen LogP contribution in [-0.2, 0) is 9.53 Å². The van der Waals surface area contributed by atoms with Crippen molar-refractivity contribution in [3.63, 3.8) is 0 Å². The minimum Gasteiger partial charge on any atom is -0.449 e. The monoisotopic (exact) mass is 403 g/mol. The van der Waals surface area contributed by atoms with Gasteiger partial charge in [-0.1, -0.05) is 36.7 Å². The number of hydrogen-bond acceptors (Lipinski definition) is 4. The maximum absolute atomic E-state index is 12.8. The van der Waals surface area contributed by atoms with Gasteiger partial charge in [0, 0.05) is 12.6 Å². The van der Waals surface area contributed by atoms with Crippen molar-refractivity contribution in [1.82, 2.24) is 14.7 Å². The number of rotatable bonds is 5. The molecule has 1 aliphatic heterocycles. The van der Waals surface area contributed by atoms with Gasteiger partial charge in [-0.2, -0.15) is 5.10 Å². The summed E-state index contributed by atoms with van der Waals surface area (Å²) in [7, 11) is 0. The molecule has 2 atom stereocenters. The summed E-state index contributed by atoms with van der Waals surface area (Å²) in [5, 5.41) is 4.54. The molecule has 0 spiro atoms. The summed E-state index contributed by atoms with van der Waals surface area (Å²) >= 11 is 6.42. The van der Waals surface area contributed by atoms with Crippen LogP contribution in [0.2, 0.25) is 5.15 Å². The molecule has 0 N–H and O–H groups in total. The predicted octanol–water partition coefficient (Wildman–Crippen LogP) is 4.17. The van der Waals surface area contributed by atoms with Crippen LogP contribution in [0.15, 0.2) is 30.3 Å². The molecule has 1 amide bonds. The number of ether oxygens (including phenoxy) is 1. The van der Waals surface area contributed by atoms with Gasteiger partial charge in [0.15, 0.2) is 6.10 Å². The lowest BCUT2D eigenvalue weighted by atomic mass is 9.99. The summed E-state index contributed by atoms with van der Waals surface area (Å²) in [5.74, 6) is -0.778. The fraction of sp³-hybridized carbons (Fsp3) is 0.476. The number of nitrogens with zero attached hydrogens (tertiary/aromatic N) is 3. The van der Waals surface area contributed by atoms with E-state index >= 15 is 0 Å². The molecule has 2 unspecified atom stereocenters. The summed E-state index contributed by atoms with van der Waals surface area (Å²) in [6.07, 6.45) is 3.15. The number of likely N-dealkylation sites (tertiary alicyclic amines) is 1. The van der Waals surface area contributed by atoms with E-state index in [2.05, 4.69) is 12.0 Å². The fourth-order valence-electron chi connectivity index (χ4n) is 3.69. The highest BCUT2D eigenvalue weighted by atomic mass is 35.5. The van der Waals surface area contributed by atoms with Gasteiger partial charge in [-0.3, -0.25) is 4.79 Å². The van der Waals surface area contributed by atoms with Gasteiger partial charge < -0.3 is 9.64 Å². The van der Waals surface area contributed by atoms with Gasteiger partial charge >= 0.3 is 5.97 Å². The Morgan fingerprint density at radius 1 is 1.29 bits per heavy atom. The molecule has 2 heterocycles. The van der Waals surface area contributed by atoms with Crippen LogP contribution in [0.3, 0.4) is 0 Å². The summed E-state index contributed by atoms with van der Waals surface area (Å²) < 4.78 is 6.98. The Morgan fingerprint density at radius 2 is 2.00 bits per heavy atom. The van der Waals surface area contributed by atoms with Crippen molar-refractivity contribution >= 4 is 23.5 Å².